The van der Waals surface area contributed by atoms with Crippen molar-refractivity contribution in [2.24, 2.45) is 0 Å². The fourth-order valence-corrected chi connectivity index (χ4v) is 3.02. The summed E-state index contributed by atoms with van der Waals surface area (Å²) in [4.78, 5) is 0. The minimum absolute atomic E-state index is 1.16. The Morgan fingerprint density at radius 1 is 0.652 bits per heavy atom. The zero-order valence-electron chi connectivity index (χ0n) is 14.7. The van der Waals surface area contributed by atoms with E-state index in [1.807, 2.05) is 0 Å². The number of aromatic nitrogens is 1. The zero-order chi connectivity index (χ0) is 16.2. The van der Waals surface area contributed by atoms with Gasteiger partial charge in [0.05, 0.1) is 0 Å². The van der Waals surface area contributed by atoms with Crippen molar-refractivity contribution in [3.05, 3.63) is 66.0 Å². The molecule has 0 atom stereocenters. The van der Waals surface area contributed by atoms with E-state index in [1.54, 1.807) is 0 Å². The lowest BCUT2D eigenvalue weighted by atomic mass is 10.0. The summed E-state index contributed by atoms with van der Waals surface area (Å²) in [5, 5.41) is 0. The predicted molar refractivity (Wildman–Crippen MR) is 98.5 cm³/mol. The lowest BCUT2D eigenvalue weighted by Crippen LogP contribution is -2.32. The fourth-order valence-electron chi connectivity index (χ4n) is 3.02. The third kappa shape index (κ3) is 7.45. The van der Waals surface area contributed by atoms with Gasteiger partial charge >= 0.3 is 0 Å². The van der Waals surface area contributed by atoms with E-state index in [9.17, 15) is 0 Å². The summed E-state index contributed by atoms with van der Waals surface area (Å²) in [7, 11) is 0. The molecule has 1 heterocycles. The Morgan fingerprint density at radius 2 is 1.26 bits per heavy atom. The predicted octanol–water partition coefficient (Wildman–Crippen LogP) is 5.51. The molecule has 0 unspecified atom stereocenters. The standard InChI is InChI=1S/C22H32N/c1-2-3-4-5-6-10-18-23-19-16-22(17-20-23)15-11-14-21-12-8-7-9-13-21/h7-9,12-13,16-17,19-20H,2-6,10-11,14-15,18H2,1H3/q+1. The lowest BCUT2D eigenvalue weighted by Gasteiger charge is -2.03. The number of pyridine rings is 1. The number of hydrogen-bond acceptors (Lipinski definition) is 0. The fraction of sp³-hybridized carbons (Fsp3) is 0.500. The van der Waals surface area contributed by atoms with Crippen LogP contribution in [-0.2, 0) is 19.4 Å². The van der Waals surface area contributed by atoms with E-state index < -0.39 is 0 Å². The molecule has 0 bridgehead atoms. The van der Waals surface area contributed by atoms with E-state index in [0.29, 0.717) is 0 Å². The summed E-state index contributed by atoms with van der Waals surface area (Å²) in [6.45, 7) is 3.44. The molecule has 0 saturated heterocycles. The van der Waals surface area contributed by atoms with Crippen molar-refractivity contribution >= 4 is 0 Å². The molecule has 23 heavy (non-hydrogen) atoms. The summed E-state index contributed by atoms with van der Waals surface area (Å²) in [5.41, 5.74) is 2.90. The van der Waals surface area contributed by atoms with Crippen LogP contribution in [0.25, 0.3) is 0 Å². The quantitative estimate of drug-likeness (QED) is 0.380. The largest absolute Gasteiger partial charge is 0.205 e. The van der Waals surface area contributed by atoms with Crippen LogP contribution in [-0.4, -0.2) is 0 Å². The highest BCUT2D eigenvalue weighted by atomic mass is 14.9. The Labute approximate surface area is 142 Å². The van der Waals surface area contributed by atoms with Crippen LogP contribution in [0.4, 0.5) is 0 Å². The molecule has 2 aromatic rings. The van der Waals surface area contributed by atoms with Gasteiger partial charge < -0.3 is 0 Å². The molecular formula is C22H32N+. The van der Waals surface area contributed by atoms with Gasteiger partial charge in [0.15, 0.2) is 12.4 Å². The number of rotatable bonds is 11. The Bertz CT molecular complexity index is 515. The Morgan fingerprint density at radius 3 is 1.96 bits per heavy atom. The molecule has 0 aliphatic rings. The smallest absolute Gasteiger partial charge is 0.169 e. The average Bonchev–Trinajstić information content (AvgIpc) is 2.60. The third-order valence-corrected chi connectivity index (χ3v) is 4.50. The maximum absolute atomic E-state index is 2.33. The van der Waals surface area contributed by atoms with E-state index in [1.165, 1.54) is 68.9 Å². The van der Waals surface area contributed by atoms with Crippen LogP contribution in [0.3, 0.4) is 0 Å². The molecule has 0 fully saturated rings. The Kier molecular flexibility index (Phi) is 8.47. The minimum Gasteiger partial charge on any atom is -0.205 e. The normalized spacial score (nSPS) is 10.8. The first-order valence-corrected chi connectivity index (χ1v) is 9.40. The third-order valence-electron chi connectivity index (χ3n) is 4.50. The summed E-state index contributed by atoms with van der Waals surface area (Å²) in [6, 6.07) is 15.4. The number of aryl methyl sites for hydroxylation is 3. The SMILES string of the molecule is CCCCCCCC[n+]1ccc(CCCc2ccccc2)cc1. The van der Waals surface area contributed by atoms with Gasteiger partial charge in [-0.25, -0.2) is 4.57 Å². The topological polar surface area (TPSA) is 3.88 Å². The van der Waals surface area contributed by atoms with Crippen molar-refractivity contribution < 1.29 is 4.57 Å². The summed E-state index contributed by atoms with van der Waals surface area (Å²) >= 11 is 0. The van der Waals surface area contributed by atoms with Crippen molar-refractivity contribution in [3.8, 4) is 0 Å². The van der Waals surface area contributed by atoms with Crippen molar-refractivity contribution in [2.75, 3.05) is 0 Å². The highest BCUT2D eigenvalue weighted by Crippen LogP contribution is 2.08. The number of unbranched alkanes of at least 4 members (excludes halogenated alkanes) is 5. The molecule has 1 heteroatoms. The second-order valence-corrected chi connectivity index (χ2v) is 6.55. The molecule has 1 aromatic carbocycles. The van der Waals surface area contributed by atoms with Gasteiger partial charge in [-0.1, -0.05) is 62.9 Å². The first-order chi connectivity index (χ1) is 11.4. The molecular weight excluding hydrogens is 278 g/mol. The molecule has 0 saturated carbocycles. The van der Waals surface area contributed by atoms with Gasteiger partial charge in [-0.2, -0.15) is 0 Å². The van der Waals surface area contributed by atoms with Gasteiger partial charge in [0, 0.05) is 18.6 Å². The molecule has 0 spiro atoms. The van der Waals surface area contributed by atoms with E-state index in [-0.39, 0.29) is 0 Å². The van der Waals surface area contributed by atoms with Gasteiger partial charge in [0.25, 0.3) is 0 Å². The first kappa shape index (κ1) is 17.7. The second-order valence-electron chi connectivity index (χ2n) is 6.55. The van der Waals surface area contributed by atoms with Crippen molar-refractivity contribution in [2.45, 2.75) is 71.3 Å². The van der Waals surface area contributed by atoms with E-state index in [0.717, 1.165) is 6.54 Å². The van der Waals surface area contributed by atoms with E-state index >= 15 is 0 Å². The Hall–Kier alpha value is -1.63. The average molecular weight is 311 g/mol. The highest BCUT2D eigenvalue weighted by molar-refractivity contribution is 5.15. The van der Waals surface area contributed by atoms with Crippen LogP contribution in [0.2, 0.25) is 0 Å². The van der Waals surface area contributed by atoms with Gasteiger partial charge in [-0.3, -0.25) is 0 Å². The van der Waals surface area contributed by atoms with Crippen LogP contribution >= 0.6 is 0 Å². The van der Waals surface area contributed by atoms with E-state index in [4.69, 9.17) is 0 Å². The van der Waals surface area contributed by atoms with Crippen LogP contribution in [0.1, 0.15) is 63.0 Å². The molecule has 1 nitrogen and oxygen atoms in total. The van der Waals surface area contributed by atoms with Crippen molar-refractivity contribution in [3.63, 3.8) is 0 Å². The molecule has 124 valence electrons. The minimum atomic E-state index is 1.16. The van der Waals surface area contributed by atoms with Crippen molar-refractivity contribution in [1.82, 2.24) is 0 Å². The maximum Gasteiger partial charge on any atom is 0.169 e. The van der Waals surface area contributed by atoms with Crippen LogP contribution in [0.15, 0.2) is 54.9 Å². The molecule has 0 aliphatic heterocycles. The zero-order valence-corrected chi connectivity index (χ0v) is 14.7. The van der Waals surface area contributed by atoms with Crippen LogP contribution in [0, 0.1) is 0 Å². The van der Waals surface area contributed by atoms with E-state index in [2.05, 4.69) is 66.3 Å². The molecule has 0 N–H and O–H groups in total. The van der Waals surface area contributed by atoms with Gasteiger partial charge in [0.2, 0.25) is 0 Å². The summed E-state index contributed by atoms with van der Waals surface area (Å²) in [5.74, 6) is 0. The van der Waals surface area contributed by atoms with Gasteiger partial charge in [-0.05, 0) is 36.8 Å². The molecule has 1 aromatic heterocycles. The molecule has 0 aliphatic carbocycles. The van der Waals surface area contributed by atoms with Gasteiger partial charge in [-0.15, -0.1) is 0 Å². The second kappa shape index (κ2) is 11.0. The number of benzene rings is 1. The Balaban J connectivity index is 1.62. The molecule has 2 rings (SSSR count). The summed E-state index contributed by atoms with van der Waals surface area (Å²) < 4.78 is 2.33. The van der Waals surface area contributed by atoms with Crippen molar-refractivity contribution in [1.29, 1.82) is 0 Å². The molecule has 0 radical (unpaired) electrons. The highest BCUT2D eigenvalue weighted by Gasteiger charge is 2.01. The number of hydrogen-bond donors (Lipinski definition) is 0. The first-order valence-electron chi connectivity index (χ1n) is 9.40. The van der Waals surface area contributed by atoms with Crippen LogP contribution in [0.5, 0.6) is 0 Å². The maximum atomic E-state index is 2.33. The monoisotopic (exact) mass is 310 g/mol. The van der Waals surface area contributed by atoms with Gasteiger partial charge in [0.1, 0.15) is 6.54 Å². The van der Waals surface area contributed by atoms with Crippen LogP contribution < -0.4 is 4.57 Å². The summed E-state index contributed by atoms with van der Waals surface area (Å²) in [6.07, 6.45) is 16.3. The number of nitrogens with zero attached hydrogens (tertiary/aromatic N) is 1. The molecule has 0 amide bonds. The lowest BCUT2D eigenvalue weighted by molar-refractivity contribution is -0.697.